The second-order valence-corrected chi connectivity index (χ2v) is 9.42. The average molecular weight is 441 g/mol. The van der Waals surface area contributed by atoms with Crippen LogP contribution in [-0.4, -0.2) is 20.9 Å². The summed E-state index contributed by atoms with van der Waals surface area (Å²) in [7, 11) is -3.59. The molecule has 0 saturated heterocycles. The van der Waals surface area contributed by atoms with Gasteiger partial charge < -0.3 is 4.90 Å². The summed E-state index contributed by atoms with van der Waals surface area (Å²) in [5.74, 6) is -0.214. The van der Waals surface area contributed by atoms with Crippen molar-refractivity contribution >= 4 is 38.9 Å². The third kappa shape index (κ3) is 4.66. The molecule has 1 amide bonds. The minimum Gasteiger partial charge on any atom is -0.308 e. The summed E-state index contributed by atoms with van der Waals surface area (Å²) in [5.41, 5.74) is 3.52. The lowest BCUT2D eigenvalue weighted by Crippen LogP contribution is -2.35. The highest BCUT2D eigenvalue weighted by molar-refractivity contribution is 7.91. The van der Waals surface area contributed by atoms with Crippen LogP contribution in [0.3, 0.4) is 0 Å². The highest BCUT2D eigenvalue weighted by Crippen LogP contribution is 2.31. The minimum absolute atomic E-state index is 0.0502. The molecule has 5 nitrogen and oxygen atoms in total. The molecule has 0 fully saturated rings. The van der Waals surface area contributed by atoms with Crippen LogP contribution >= 0.6 is 11.6 Å². The number of halogens is 1. The first-order valence-corrected chi connectivity index (χ1v) is 11.7. The van der Waals surface area contributed by atoms with E-state index in [-0.39, 0.29) is 11.7 Å². The van der Waals surface area contributed by atoms with Gasteiger partial charge in [-0.2, -0.15) is 0 Å². The second-order valence-electron chi connectivity index (χ2n) is 7.26. The fourth-order valence-electron chi connectivity index (χ4n) is 3.67. The molecule has 0 saturated carbocycles. The number of carbonyl (C=O) groups excluding carboxylic acids is 1. The van der Waals surface area contributed by atoms with E-state index in [2.05, 4.69) is 4.72 Å². The van der Waals surface area contributed by atoms with Crippen molar-refractivity contribution in [3.63, 3.8) is 0 Å². The Kier molecular flexibility index (Phi) is 5.79. The Balaban J connectivity index is 1.54. The van der Waals surface area contributed by atoms with E-state index in [4.69, 9.17) is 11.6 Å². The van der Waals surface area contributed by atoms with E-state index in [9.17, 15) is 13.2 Å². The zero-order chi connectivity index (χ0) is 21.1. The summed E-state index contributed by atoms with van der Waals surface area (Å²) in [6.45, 7) is 0.639. The van der Waals surface area contributed by atoms with Crippen LogP contribution in [0.1, 0.15) is 27.9 Å². The van der Waals surface area contributed by atoms with Crippen LogP contribution in [0.2, 0.25) is 5.02 Å². The Morgan fingerprint density at radius 2 is 1.80 bits per heavy atom. The van der Waals surface area contributed by atoms with E-state index in [1.54, 1.807) is 47.4 Å². The van der Waals surface area contributed by atoms with Crippen molar-refractivity contribution in [3.8, 4) is 0 Å². The van der Waals surface area contributed by atoms with E-state index in [1.807, 2.05) is 30.3 Å². The first kappa shape index (κ1) is 20.4. The molecule has 3 aromatic carbocycles. The summed E-state index contributed by atoms with van der Waals surface area (Å²) in [5, 5.41) is 0.500. The number of nitrogens with zero attached hydrogens (tertiary/aromatic N) is 1. The van der Waals surface area contributed by atoms with Gasteiger partial charge in [0.1, 0.15) is 0 Å². The number of amides is 1. The molecule has 1 aliphatic rings. The molecule has 1 aliphatic heterocycles. The van der Waals surface area contributed by atoms with Crippen LogP contribution in [0.25, 0.3) is 0 Å². The molecule has 0 aromatic heterocycles. The molecule has 7 heteroatoms. The van der Waals surface area contributed by atoms with Crippen molar-refractivity contribution in [2.75, 3.05) is 16.2 Å². The molecular formula is C23H21ClN2O3S. The lowest BCUT2D eigenvalue weighted by Gasteiger charge is -2.30. The van der Waals surface area contributed by atoms with Crippen molar-refractivity contribution in [2.45, 2.75) is 18.6 Å². The Morgan fingerprint density at radius 1 is 1.00 bits per heavy atom. The molecule has 0 unspecified atom stereocenters. The monoisotopic (exact) mass is 440 g/mol. The Labute approximate surface area is 181 Å². The summed E-state index contributed by atoms with van der Waals surface area (Å²) in [6, 6.07) is 21.3. The second kappa shape index (κ2) is 8.50. The lowest BCUT2D eigenvalue weighted by molar-refractivity contribution is 0.0985. The molecule has 0 atom stereocenters. The van der Waals surface area contributed by atoms with E-state index < -0.39 is 10.0 Å². The van der Waals surface area contributed by atoms with Gasteiger partial charge in [0, 0.05) is 28.5 Å². The van der Waals surface area contributed by atoms with Gasteiger partial charge in [-0.25, -0.2) is 8.42 Å². The Bertz CT molecular complexity index is 1180. The summed E-state index contributed by atoms with van der Waals surface area (Å²) in [6.07, 6.45) is 1.61. The van der Waals surface area contributed by atoms with E-state index >= 15 is 0 Å². The van der Waals surface area contributed by atoms with E-state index in [0.717, 1.165) is 24.1 Å². The minimum atomic E-state index is -3.59. The maximum atomic E-state index is 12.9. The van der Waals surface area contributed by atoms with Crippen molar-refractivity contribution in [1.82, 2.24) is 0 Å². The van der Waals surface area contributed by atoms with Crippen molar-refractivity contribution in [2.24, 2.45) is 0 Å². The molecule has 0 aliphatic carbocycles. The number of anilines is 2. The van der Waals surface area contributed by atoms with Gasteiger partial charge in [0.05, 0.1) is 5.75 Å². The van der Waals surface area contributed by atoms with Crippen LogP contribution in [0.5, 0.6) is 0 Å². The maximum Gasteiger partial charge on any atom is 0.258 e. The first-order valence-electron chi connectivity index (χ1n) is 9.66. The Morgan fingerprint density at radius 3 is 2.57 bits per heavy atom. The highest BCUT2D eigenvalue weighted by atomic mass is 35.5. The van der Waals surface area contributed by atoms with Gasteiger partial charge in [-0.3, -0.25) is 9.52 Å². The molecular weight excluding hydrogens is 420 g/mol. The third-order valence-corrected chi connectivity index (χ3v) is 6.48. The molecule has 154 valence electrons. The SMILES string of the molecule is O=C(c1ccccc1)N1CCCc2cc(NS(=O)(=O)Cc3cccc(Cl)c3)ccc21. The highest BCUT2D eigenvalue weighted by Gasteiger charge is 2.24. The number of sulfonamides is 1. The van der Waals surface area contributed by atoms with Crippen molar-refractivity contribution < 1.29 is 13.2 Å². The van der Waals surface area contributed by atoms with Crippen LogP contribution < -0.4 is 9.62 Å². The summed E-state index contributed by atoms with van der Waals surface area (Å²) in [4.78, 5) is 14.7. The topological polar surface area (TPSA) is 66.5 Å². The maximum absolute atomic E-state index is 12.9. The van der Waals surface area contributed by atoms with Crippen LogP contribution in [-0.2, 0) is 22.2 Å². The van der Waals surface area contributed by atoms with Gasteiger partial charge in [0.15, 0.2) is 0 Å². The molecule has 1 N–H and O–H groups in total. The number of aryl methyl sites for hydroxylation is 1. The number of hydrogen-bond donors (Lipinski definition) is 1. The normalized spacial score (nSPS) is 13.6. The quantitative estimate of drug-likeness (QED) is 0.615. The van der Waals surface area contributed by atoms with Crippen LogP contribution in [0.15, 0.2) is 72.8 Å². The molecule has 0 spiro atoms. The number of benzene rings is 3. The van der Waals surface area contributed by atoms with Gasteiger partial charge in [-0.15, -0.1) is 0 Å². The molecule has 30 heavy (non-hydrogen) atoms. The molecule has 1 heterocycles. The standard InChI is InChI=1S/C23H21ClN2O3S/c24-20-10-4-6-17(14-20)16-30(28,29)25-21-11-12-22-19(15-21)9-5-13-26(22)23(27)18-7-2-1-3-8-18/h1-4,6-8,10-12,14-15,25H,5,9,13,16H2. The van der Waals surface area contributed by atoms with Crippen LogP contribution in [0.4, 0.5) is 11.4 Å². The lowest BCUT2D eigenvalue weighted by atomic mass is 10.00. The predicted molar refractivity (Wildman–Crippen MR) is 121 cm³/mol. The van der Waals surface area contributed by atoms with Gasteiger partial charge in [-0.05, 0) is 66.4 Å². The number of hydrogen-bond acceptors (Lipinski definition) is 3. The molecule has 0 bridgehead atoms. The van der Waals surface area contributed by atoms with Crippen LogP contribution in [0, 0.1) is 0 Å². The zero-order valence-corrected chi connectivity index (χ0v) is 17.8. The molecule has 0 radical (unpaired) electrons. The average Bonchev–Trinajstić information content (AvgIpc) is 2.72. The van der Waals surface area contributed by atoms with Crippen molar-refractivity contribution in [3.05, 3.63) is 94.5 Å². The third-order valence-electron chi connectivity index (χ3n) is 4.98. The summed E-state index contributed by atoms with van der Waals surface area (Å²) < 4.78 is 27.8. The zero-order valence-electron chi connectivity index (χ0n) is 16.2. The fraction of sp³-hybridized carbons (Fsp3) is 0.174. The van der Waals surface area contributed by atoms with E-state index in [0.29, 0.717) is 28.4 Å². The van der Waals surface area contributed by atoms with Gasteiger partial charge in [-0.1, -0.05) is 41.9 Å². The fourth-order valence-corrected chi connectivity index (χ4v) is 5.06. The Hall–Kier alpha value is -2.83. The smallest absolute Gasteiger partial charge is 0.258 e. The number of rotatable bonds is 5. The van der Waals surface area contributed by atoms with E-state index in [1.165, 1.54) is 0 Å². The van der Waals surface area contributed by atoms with Gasteiger partial charge in [0.25, 0.3) is 5.91 Å². The molecule has 4 rings (SSSR count). The van der Waals surface area contributed by atoms with Crippen molar-refractivity contribution in [1.29, 1.82) is 0 Å². The summed E-state index contributed by atoms with van der Waals surface area (Å²) >= 11 is 5.95. The first-order chi connectivity index (χ1) is 14.4. The van der Waals surface area contributed by atoms with Gasteiger partial charge in [0.2, 0.25) is 10.0 Å². The number of carbonyl (C=O) groups is 1. The predicted octanol–water partition coefficient (Wildman–Crippen LogP) is 4.87. The van der Waals surface area contributed by atoms with Gasteiger partial charge >= 0.3 is 0 Å². The number of fused-ring (bicyclic) bond motifs is 1. The molecule has 3 aromatic rings. The largest absolute Gasteiger partial charge is 0.308 e. The number of nitrogens with one attached hydrogen (secondary N) is 1.